The van der Waals surface area contributed by atoms with Crippen LogP contribution in [0.3, 0.4) is 0 Å². The number of hydrogen-bond donors (Lipinski definition) is 0. The van der Waals surface area contributed by atoms with Gasteiger partial charge < -0.3 is 14.2 Å². The fraction of sp³-hybridized carbons (Fsp3) is 0.200. The minimum atomic E-state index is -1.65. The van der Waals surface area contributed by atoms with Crippen LogP contribution in [0.25, 0.3) is 11.1 Å². The summed E-state index contributed by atoms with van der Waals surface area (Å²) in [5, 5.41) is 0. The first-order valence-electron chi connectivity index (χ1n) is 9.67. The highest BCUT2D eigenvalue weighted by atomic mass is 16.6. The van der Waals surface area contributed by atoms with E-state index in [0.29, 0.717) is 11.3 Å². The molecule has 3 aromatic rings. The van der Waals surface area contributed by atoms with Crippen molar-refractivity contribution in [2.75, 3.05) is 14.2 Å². The van der Waals surface area contributed by atoms with Crippen LogP contribution in [0.4, 0.5) is 0 Å². The van der Waals surface area contributed by atoms with E-state index in [1.165, 1.54) is 14.2 Å². The number of esters is 2. The summed E-state index contributed by atoms with van der Waals surface area (Å²) in [6, 6.07) is 24.8. The molecular weight excluding hydrogens is 380 g/mol. The van der Waals surface area contributed by atoms with Crippen molar-refractivity contribution < 1.29 is 23.8 Å². The third kappa shape index (κ3) is 3.12. The van der Waals surface area contributed by atoms with Gasteiger partial charge in [-0.05, 0) is 16.7 Å². The first-order valence-corrected chi connectivity index (χ1v) is 9.67. The van der Waals surface area contributed by atoms with Gasteiger partial charge in [0.05, 0.1) is 14.2 Å². The molecule has 0 saturated carbocycles. The van der Waals surface area contributed by atoms with Gasteiger partial charge in [-0.3, -0.25) is 9.59 Å². The lowest BCUT2D eigenvalue weighted by atomic mass is 9.71. The molecule has 0 saturated heterocycles. The van der Waals surface area contributed by atoms with Crippen LogP contribution >= 0.6 is 0 Å². The van der Waals surface area contributed by atoms with Gasteiger partial charge in [-0.2, -0.15) is 0 Å². The van der Waals surface area contributed by atoms with E-state index in [4.69, 9.17) is 14.2 Å². The summed E-state index contributed by atoms with van der Waals surface area (Å²) in [7, 11) is 2.54. The molecule has 0 aromatic heterocycles. The first-order chi connectivity index (χ1) is 14.6. The molecule has 5 heteroatoms. The van der Waals surface area contributed by atoms with E-state index in [1.807, 2.05) is 78.9 Å². The molecule has 0 bridgehead atoms. The maximum absolute atomic E-state index is 13.0. The van der Waals surface area contributed by atoms with Gasteiger partial charge in [-0.25, -0.2) is 0 Å². The second-order valence-electron chi connectivity index (χ2n) is 7.20. The van der Waals surface area contributed by atoms with Crippen LogP contribution in [-0.4, -0.2) is 26.2 Å². The van der Waals surface area contributed by atoms with Crippen molar-refractivity contribution >= 4 is 11.9 Å². The van der Waals surface area contributed by atoms with E-state index in [9.17, 15) is 9.59 Å². The lowest BCUT2D eigenvalue weighted by Crippen LogP contribution is -2.51. The molecule has 1 aliphatic heterocycles. The summed E-state index contributed by atoms with van der Waals surface area (Å²) in [4.78, 5) is 26.1. The molecule has 1 unspecified atom stereocenters. The Kier molecular flexibility index (Phi) is 5.27. The number of ether oxygens (including phenoxy) is 3. The number of hydrogen-bond acceptors (Lipinski definition) is 5. The molecule has 1 heterocycles. The Hall–Kier alpha value is -3.60. The van der Waals surface area contributed by atoms with Crippen molar-refractivity contribution in [3.8, 4) is 16.9 Å². The van der Waals surface area contributed by atoms with Crippen LogP contribution in [0.15, 0.2) is 78.9 Å². The summed E-state index contributed by atoms with van der Waals surface area (Å²) < 4.78 is 16.6. The Balaban J connectivity index is 1.94. The van der Waals surface area contributed by atoms with Gasteiger partial charge in [-0.15, -0.1) is 0 Å². The third-order valence-electron chi connectivity index (χ3n) is 5.54. The van der Waals surface area contributed by atoms with Crippen molar-refractivity contribution in [3.63, 3.8) is 0 Å². The molecule has 30 heavy (non-hydrogen) atoms. The Morgan fingerprint density at radius 3 is 2.03 bits per heavy atom. The average Bonchev–Trinajstić information content (AvgIpc) is 2.82. The largest absolute Gasteiger partial charge is 0.483 e. The van der Waals surface area contributed by atoms with Gasteiger partial charge in [0.1, 0.15) is 5.75 Å². The van der Waals surface area contributed by atoms with Crippen LogP contribution in [0.5, 0.6) is 5.75 Å². The van der Waals surface area contributed by atoms with Gasteiger partial charge in [0, 0.05) is 12.0 Å². The lowest BCUT2D eigenvalue weighted by Gasteiger charge is -2.40. The minimum Gasteiger partial charge on any atom is -0.483 e. The van der Waals surface area contributed by atoms with E-state index in [0.717, 1.165) is 16.7 Å². The van der Waals surface area contributed by atoms with Gasteiger partial charge in [0.15, 0.2) is 6.10 Å². The average molecular weight is 402 g/mol. The number of rotatable bonds is 4. The molecule has 5 nitrogen and oxygen atoms in total. The number of methoxy groups -OCH3 is 2. The van der Waals surface area contributed by atoms with Gasteiger partial charge >= 0.3 is 11.9 Å². The first kappa shape index (κ1) is 19.7. The van der Waals surface area contributed by atoms with Crippen LogP contribution < -0.4 is 4.74 Å². The molecule has 0 aliphatic carbocycles. The topological polar surface area (TPSA) is 61.8 Å². The number of para-hydroxylation sites is 1. The van der Waals surface area contributed by atoms with Gasteiger partial charge in [0.25, 0.3) is 0 Å². The monoisotopic (exact) mass is 402 g/mol. The maximum atomic E-state index is 13.0. The summed E-state index contributed by atoms with van der Waals surface area (Å²) in [5.74, 6) is -0.709. The molecule has 0 radical (unpaired) electrons. The quantitative estimate of drug-likeness (QED) is 0.479. The minimum absolute atomic E-state index is 0.113. The van der Waals surface area contributed by atoms with Crippen LogP contribution in [0.2, 0.25) is 0 Å². The summed E-state index contributed by atoms with van der Waals surface area (Å²) in [5.41, 5.74) is 1.69. The van der Waals surface area contributed by atoms with Crippen molar-refractivity contribution in [2.45, 2.75) is 12.5 Å². The van der Waals surface area contributed by atoms with Crippen LogP contribution in [-0.2, 0) is 25.5 Å². The molecule has 152 valence electrons. The third-order valence-corrected chi connectivity index (χ3v) is 5.54. The standard InChI is InChI=1S/C25H22O5/c1-28-23(26)25(24(27)29-2)16-19-14-9-15-20(17-10-5-3-6-11-17)21(19)30-22(25)18-12-7-4-8-13-18/h3-15,22H,16H2,1-2H3. The molecule has 1 atom stereocenters. The van der Waals surface area contributed by atoms with E-state index >= 15 is 0 Å². The van der Waals surface area contributed by atoms with E-state index in [-0.39, 0.29) is 6.42 Å². The molecule has 1 aliphatic rings. The fourth-order valence-corrected chi connectivity index (χ4v) is 4.11. The highest BCUT2D eigenvalue weighted by Gasteiger charge is 2.59. The SMILES string of the molecule is COC(=O)C1(C(=O)OC)Cc2cccc(-c3ccccc3)c2OC1c1ccccc1. The van der Waals surface area contributed by atoms with Gasteiger partial charge in [0.2, 0.25) is 5.41 Å². The Morgan fingerprint density at radius 1 is 0.833 bits per heavy atom. The summed E-state index contributed by atoms with van der Waals surface area (Å²) in [6.07, 6.45) is -0.780. The van der Waals surface area contributed by atoms with Crippen LogP contribution in [0.1, 0.15) is 17.2 Å². The highest BCUT2D eigenvalue weighted by Crippen LogP contribution is 2.51. The van der Waals surface area contributed by atoms with Crippen molar-refractivity contribution in [1.82, 2.24) is 0 Å². The zero-order chi connectivity index (χ0) is 21.1. The summed E-state index contributed by atoms with van der Waals surface area (Å²) >= 11 is 0. The number of fused-ring (bicyclic) bond motifs is 1. The van der Waals surface area contributed by atoms with Crippen molar-refractivity contribution in [3.05, 3.63) is 90.0 Å². The number of carbonyl (C=O) groups is 2. The Labute approximate surface area is 175 Å². The predicted molar refractivity (Wildman–Crippen MR) is 112 cm³/mol. The highest BCUT2D eigenvalue weighted by molar-refractivity contribution is 6.02. The zero-order valence-electron chi connectivity index (χ0n) is 16.8. The predicted octanol–water partition coefficient (Wildman–Crippen LogP) is 4.36. The van der Waals surface area contributed by atoms with Crippen molar-refractivity contribution in [2.24, 2.45) is 5.41 Å². The van der Waals surface area contributed by atoms with Crippen LogP contribution in [0, 0.1) is 5.41 Å². The molecule has 0 fully saturated rings. The van der Waals surface area contributed by atoms with Gasteiger partial charge in [-0.1, -0.05) is 78.9 Å². The van der Waals surface area contributed by atoms with Crippen molar-refractivity contribution in [1.29, 1.82) is 0 Å². The van der Waals surface area contributed by atoms with E-state index in [2.05, 4.69) is 0 Å². The normalized spacial score (nSPS) is 16.7. The molecule has 0 amide bonds. The Morgan fingerprint density at radius 2 is 1.43 bits per heavy atom. The lowest BCUT2D eigenvalue weighted by molar-refractivity contribution is -0.179. The molecule has 4 rings (SSSR count). The summed E-state index contributed by atoms with van der Waals surface area (Å²) in [6.45, 7) is 0. The molecular formula is C25H22O5. The number of benzene rings is 3. The van der Waals surface area contributed by atoms with E-state index in [1.54, 1.807) is 0 Å². The second-order valence-corrected chi connectivity index (χ2v) is 7.20. The smallest absolute Gasteiger partial charge is 0.327 e. The zero-order valence-corrected chi connectivity index (χ0v) is 16.8. The number of carbonyl (C=O) groups excluding carboxylic acids is 2. The molecule has 3 aromatic carbocycles. The molecule has 0 spiro atoms. The van der Waals surface area contributed by atoms with E-state index < -0.39 is 23.5 Å². The fourth-order valence-electron chi connectivity index (χ4n) is 4.11. The Bertz CT molecular complexity index is 1040. The second kappa shape index (κ2) is 8.03. The maximum Gasteiger partial charge on any atom is 0.327 e. The molecule has 0 N–H and O–H groups in total.